The van der Waals surface area contributed by atoms with Gasteiger partial charge in [0, 0.05) is 37.4 Å². The fraction of sp³-hybridized carbons (Fsp3) is 0.138. The first-order valence-electron chi connectivity index (χ1n) is 12.4. The van der Waals surface area contributed by atoms with Gasteiger partial charge in [-0.25, -0.2) is 19.6 Å². The average molecular weight is 555 g/mol. The molecule has 0 fully saturated rings. The number of aromatic nitrogens is 5. The topological polar surface area (TPSA) is 124 Å². The lowest BCUT2D eigenvalue weighted by atomic mass is 10.1. The van der Waals surface area contributed by atoms with E-state index in [0.717, 1.165) is 5.82 Å². The first-order chi connectivity index (χ1) is 19.1. The van der Waals surface area contributed by atoms with Crippen LogP contribution in [0, 0.1) is 6.92 Å². The lowest BCUT2D eigenvalue weighted by Crippen LogP contribution is -2.25. The summed E-state index contributed by atoms with van der Waals surface area (Å²) in [5, 5.41) is 3.31. The maximum atomic E-state index is 13.2. The second kappa shape index (κ2) is 10.7. The van der Waals surface area contributed by atoms with E-state index in [1.54, 1.807) is 73.4 Å². The zero-order valence-electron chi connectivity index (χ0n) is 22.4. The first-order valence-corrected chi connectivity index (χ1v) is 12.8. The van der Waals surface area contributed by atoms with Gasteiger partial charge in [-0.3, -0.25) is 14.3 Å². The van der Waals surface area contributed by atoms with Crippen molar-refractivity contribution in [2.75, 3.05) is 30.0 Å². The predicted octanol–water partition coefficient (Wildman–Crippen LogP) is 4.56. The van der Waals surface area contributed by atoms with Gasteiger partial charge in [0.25, 0.3) is 11.5 Å². The van der Waals surface area contributed by atoms with Crippen molar-refractivity contribution in [2.24, 2.45) is 7.05 Å². The van der Waals surface area contributed by atoms with Crippen molar-refractivity contribution in [2.45, 2.75) is 6.92 Å². The van der Waals surface area contributed by atoms with Gasteiger partial charge >= 0.3 is 0 Å². The zero-order valence-corrected chi connectivity index (χ0v) is 23.1. The maximum absolute atomic E-state index is 13.2. The summed E-state index contributed by atoms with van der Waals surface area (Å²) < 4.78 is 3.04. The summed E-state index contributed by atoms with van der Waals surface area (Å²) in [4.78, 5) is 42.0. The molecule has 3 N–H and O–H groups in total. The molecule has 0 atom stereocenters. The Hall–Kier alpha value is -4.96. The number of anilines is 3. The number of halogens is 1. The number of nitrogens with zero attached hydrogens (tertiary/aromatic N) is 6. The zero-order chi connectivity index (χ0) is 28.6. The molecule has 11 heteroatoms. The molecule has 0 radical (unpaired) electrons. The van der Waals surface area contributed by atoms with E-state index in [1.165, 1.54) is 4.68 Å². The van der Waals surface area contributed by atoms with Crippen molar-refractivity contribution in [3.63, 3.8) is 0 Å². The van der Waals surface area contributed by atoms with E-state index in [1.807, 2.05) is 37.2 Å². The normalized spacial score (nSPS) is 10.9. The number of carbonyl (C=O) groups excluding carboxylic acids is 1. The van der Waals surface area contributed by atoms with Crippen LogP contribution in [0.15, 0.2) is 77.7 Å². The molecule has 0 aliphatic carbocycles. The first kappa shape index (κ1) is 26.6. The fourth-order valence-corrected chi connectivity index (χ4v) is 4.51. The number of hydrogen-bond donors (Lipinski definition) is 2. The fourth-order valence-electron chi connectivity index (χ4n) is 4.32. The third-order valence-corrected chi connectivity index (χ3v) is 6.74. The molecule has 0 bridgehead atoms. The number of nitrogens with one attached hydrogen (secondary N) is 1. The molecule has 0 saturated heterocycles. The minimum Gasteiger partial charge on any atom is -0.382 e. The molecular formula is C29H27ClN8O2. The number of benzene rings is 2. The minimum absolute atomic E-state index is 0.0434. The van der Waals surface area contributed by atoms with Gasteiger partial charge in [0.2, 0.25) is 0 Å². The molecule has 5 rings (SSSR count). The van der Waals surface area contributed by atoms with Crippen molar-refractivity contribution in [1.29, 1.82) is 0 Å². The summed E-state index contributed by atoms with van der Waals surface area (Å²) in [6.07, 6.45) is 1.59. The highest BCUT2D eigenvalue weighted by molar-refractivity contribution is 6.30. The molecule has 10 nitrogen and oxygen atoms in total. The number of hydrogen-bond acceptors (Lipinski definition) is 7. The third kappa shape index (κ3) is 5.04. The van der Waals surface area contributed by atoms with Crippen LogP contribution in [0.1, 0.15) is 16.1 Å². The Kier molecular flexibility index (Phi) is 7.10. The van der Waals surface area contributed by atoms with Crippen LogP contribution in [0.25, 0.3) is 28.3 Å². The van der Waals surface area contributed by atoms with Crippen LogP contribution in [-0.4, -0.2) is 44.3 Å². The molecule has 0 aliphatic rings. The number of nitrogen functional groups attached to an aromatic ring is 1. The monoisotopic (exact) mass is 554 g/mol. The van der Waals surface area contributed by atoms with Crippen LogP contribution in [-0.2, 0) is 7.05 Å². The van der Waals surface area contributed by atoms with Crippen molar-refractivity contribution < 1.29 is 4.79 Å². The summed E-state index contributed by atoms with van der Waals surface area (Å²) in [5.74, 6) is 0.552. The van der Waals surface area contributed by atoms with Gasteiger partial charge in [-0.1, -0.05) is 35.9 Å². The number of pyridine rings is 1. The molecule has 2 aromatic carbocycles. The quantitative estimate of drug-likeness (QED) is 0.315. The highest BCUT2D eigenvalue weighted by Gasteiger charge is 2.22. The molecule has 202 valence electrons. The Morgan fingerprint density at radius 3 is 2.42 bits per heavy atom. The van der Waals surface area contributed by atoms with Crippen molar-refractivity contribution >= 4 is 34.8 Å². The van der Waals surface area contributed by atoms with Crippen molar-refractivity contribution in [1.82, 2.24) is 24.3 Å². The van der Waals surface area contributed by atoms with Gasteiger partial charge in [-0.15, -0.1) is 0 Å². The van der Waals surface area contributed by atoms with E-state index in [0.29, 0.717) is 44.7 Å². The Morgan fingerprint density at radius 2 is 1.73 bits per heavy atom. The molecule has 40 heavy (non-hydrogen) atoms. The van der Waals surface area contributed by atoms with E-state index in [4.69, 9.17) is 22.3 Å². The van der Waals surface area contributed by atoms with Crippen molar-refractivity contribution in [3.05, 3.63) is 99.6 Å². The van der Waals surface area contributed by atoms with Gasteiger partial charge in [0.05, 0.1) is 23.3 Å². The highest BCUT2D eigenvalue weighted by Crippen LogP contribution is 2.27. The molecule has 1 amide bonds. The lowest BCUT2D eigenvalue weighted by molar-refractivity contribution is 0.102. The van der Waals surface area contributed by atoms with Crippen LogP contribution >= 0.6 is 11.6 Å². The maximum Gasteiger partial charge on any atom is 0.284 e. The Bertz CT molecular complexity index is 1790. The van der Waals surface area contributed by atoms with Gasteiger partial charge in [-0.05, 0) is 49.4 Å². The summed E-state index contributed by atoms with van der Waals surface area (Å²) in [7, 11) is 5.55. The number of nitrogens with two attached hydrogens (primary N) is 1. The van der Waals surface area contributed by atoms with Gasteiger partial charge in [0.1, 0.15) is 28.6 Å². The molecule has 3 heterocycles. The SMILES string of the molecule is Cc1c(C(=O)Nc2ccc(-c3nc(-c4cccc(N(C)C)n4)cnc3N)cc2)c(=O)n(-c2cccc(Cl)c2)n1C. The second-order valence-corrected chi connectivity index (χ2v) is 9.81. The van der Waals surface area contributed by atoms with Crippen molar-refractivity contribution in [3.8, 4) is 28.3 Å². The van der Waals surface area contributed by atoms with Gasteiger partial charge < -0.3 is 16.0 Å². The van der Waals surface area contributed by atoms with E-state index >= 15 is 0 Å². The van der Waals surface area contributed by atoms with Gasteiger partial charge in [-0.2, -0.15) is 0 Å². The molecule has 3 aromatic heterocycles. The Labute approximate surface area is 235 Å². The number of rotatable bonds is 6. The van der Waals surface area contributed by atoms with Crippen LogP contribution < -0.4 is 21.5 Å². The molecular weight excluding hydrogens is 528 g/mol. The predicted molar refractivity (Wildman–Crippen MR) is 158 cm³/mol. The minimum atomic E-state index is -0.514. The standard InChI is InChI=1S/C29H27ClN8O2/c1-17-25(29(40)38(37(17)4)21-8-5-7-19(30)15-21)28(39)33-20-13-11-18(12-14-20)26-27(31)32-16-23(35-26)22-9-6-10-24(34-22)36(2)3/h5-16H,1-4H3,(H2,31,32)(H,33,39). The smallest absolute Gasteiger partial charge is 0.284 e. The summed E-state index contributed by atoms with van der Waals surface area (Å²) in [6.45, 7) is 1.72. The number of carbonyl (C=O) groups is 1. The Balaban J connectivity index is 1.41. The summed E-state index contributed by atoms with van der Waals surface area (Å²) in [6, 6.07) is 19.6. The summed E-state index contributed by atoms with van der Waals surface area (Å²) in [5.41, 5.74) is 9.82. The lowest BCUT2D eigenvalue weighted by Gasteiger charge is -2.13. The van der Waals surface area contributed by atoms with Gasteiger partial charge in [0.15, 0.2) is 0 Å². The molecule has 0 saturated carbocycles. The molecule has 0 aliphatic heterocycles. The van der Waals surface area contributed by atoms with Crippen LogP contribution in [0.4, 0.5) is 17.3 Å². The molecule has 5 aromatic rings. The van der Waals surface area contributed by atoms with Crippen LogP contribution in [0.5, 0.6) is 0 Å². The molecule has 0 spiro atoms. The van der Waals surface area contributed by atoms with E-state index < -0.39 is 11.5 Å². The Morgan fingerprint density at radius 1 is 1.00 bits per heavy atom. The summed E-state index contributed by atoms with van der Waals surface area (Å²) >= 11 is 6.11. The molecule has 0 unspecified atom stereocenters. The van der Waals surface area contributed by atoms with E-state index in [2.05, 4.69) is 15.3 Å². The van der Waals surface area contributed by atoms with E-state index in [9.17, 15) is 9.59 Å². The third-order valence-electron chi connectivity index (χ3n) is 6.51. The average Bonchev–Trinajstić information content (AvgIpc) is 3.16. The van der Waals surface area contributed by atoms with Crippen LogP contribution in [0.2, 0.25) is 5.02 Å². The number of amides is 1. The second-order valence-electron chi connectivity index (χ2n) is 9.38. The van der Waals surface area contributed by atoms with E-state index in [-0.39, 0.29) is 11.4 Å². The highest BCUT2D eigenvalue weighted by atomic mass is 35.5. The largest absolute Gasteiger partial charge is 0.382 e. The van der Waals surface area contributed by atoms with Crippen LogP contribution in [0.3, 0.4) is 0 Å².